The molecule has 6 heteroatoms. The molecule has 0 radical (unpaired) electrons. The summed E-state index contributed by atoms with van der Waals surface area (Å²) in [5.41, 5.74) is 4.61. The highest BCUT2D eigenvalue weighted by molar-refractivity contribution is 5.82. The molecule has 3 rings (SSSR count). The van der Waals surface area contributed by atoms with Crippen LogP contribution >= 0.6 is 0 Å². The van der Waals surface area contributed by atoms with E-state index in [0.717, 1.165) is 29.9 Å². The van der Waals surface area contributed by atoms with Gasteiger partial charge in [0.1, 0.15) is 24.7 Å². The average Bonchev–Trinajstić information content (AvgIpc) is 2.74. The molecule has 6 nitrogen and oxygen atoms in total. The highest BCUT2D eigenvalue weighted by Crippen LogP contribution is 2.17. The standard InChI is InChI=1S/C23H29N3O3/c1-18-7-11-21(12-8-18)28-15-16-29-22-13-9-19(10-14-22)17-24-26-23(27)25-20-5-3-2-4-6-20/h7-14,17,20H,2-6,15-16H2,1H3,(H2,25,26,27). The molecule has 2 aromatic carbocycles. The Balaban J connectivity index is 1.34. The molecule has 0 saturated heterocycles. The number of aryl methyl sites for hydroxylation is 1. The van der Waals surface area contributed by atoms with Gasteiger partial charge < -0.3 is 14.8 Å². The van der Waals surface area contributed by atoms with Crippen molar-refractivity contribution >= 4 is 12.2 Å². The van der Waals surface area contributed by atoms with E-state index < -0.39 is 0 Å². The molecular formula is C23H29N3O3. The van der Waals surface area contributed by atoms with Crippen molar-refractivity contribution in [3.8, 4) is 11.5 Å². The van der Waals surface area contributed by atoms with Gasteiger partial charge in [-0.2, -0.15) is 5.10 Å². The maximum atomic E-state index is 11.9. The van der Waals surface area contributed by atoms with Crippen LogP contribution in [0.15, 0.2) is 53.6 Å². The first-order valence-corrected chi connectivity index (χ1v) is 10.2. The second-order valence-corrected chi connectivity index (χ2v) is 7.26. The fourth-order valence-electron chi connectivity index (χ4n) is 3.23. The molecule has 2 aromatic rings. The summed E-state index contributed by atoms with van der Waals surface area (Å²) in [5.74, 6) is 1.60. The molecule has 0 atom stereocenters. The number of benzene rings is 2. The van der Waals surface area contributed by atoms with Gasteiger partial charge in [0.25, 0.3) is 0 Å². The number of ether oxygens (including phenoxy) is 2. The zero-order valence-electron chi connectivity index (χ0n) is 16.9. The van der Waals surface area contributed by atoms with Crippen LogP contribution in [0.3, 0.4) is 0 Å². The summed E-state index contributed by atoms with van der Waals surface area (Å²) in [5, 5.41) is 6.97. The predicted molar refractivity (Wildman–Crippen MR) is 115 cm³/mol. The Kier molecular flexibility index (Phi) is 7.92. The van der Waals surface area contributed by atoms with E-state index in [9.17, 15) is 4.79 Å². The normalized spacial score (nSPS) is 14.5. The number of nitrogens with zero attached hydrogens (tertiary/aromatic N) is 1. The highest BCUT2D eigenvalue weighted by atomic mass is 16.5. The third-order valence-corrected chi connectivity index (χ3v) is 4.84. The van der Waals surface area contributed by atoms with Gasteiger partial charge in [-0.05, 0) is 61.7 Å². The van der Waals surface area contributed by atoms with Crippen LogP contribution in [0.1, 0.15) is 43.2 Å². The number of rotatable bonds is 8. The number of urea groups is 1. The van der Waals surface area contributed by atoms with Crippen LogP contribution in [0.5, 0.6) is 11.5 Å². The Bertz CT molecular complexity index is 782. The van der Waals surface area contributed by atoms with Crippen LogP contribution in [0, 0.1) is 6.92 Å². The van der Waals surface area contributed by atoms with Crippen LogP contribution in [0.4, 0.5) is 4.79 Å². The molecule has 1 fully saturated rings. The van der Waals surface area contributed by atoms with E-state index in [2.05, 4.69) is 15.8 Å². The van der Waals surface area contributed by atoms with Crippen molar-refractivity contribution in [2.45, 2.75) is 45.1 Å². The lowest BCUT2D eigenvalue weighted by Crippen LogP contribution is -2.41. The molecule has 1 aliphatic rings. The van der Waals surface area contributed by atoms with Gasteiger partial charge in [-0.25, -0.2) is 10.2 Å². The fraction of sp³-hybridized carbons (Fsp3) is 0.391. The second kappa shape index (κ2) is 11.1. The highest BCUT2D eigenvalue weighted by Gasteiger charge is 2.14. The minimum Gasteiger partial charge on any atom is -0.490 e. The van der Waals surface area contributed by atoms with E-state index >= 15 is 0 Å². The van der Waals surface area contributed by atoms with Crippen molar-refractivity contribution in [2.75, 3.05) is 13.2 Å². The topological polar surface area (TPSA) is 72.0 Å². The summed E-state index contributed by atoms with van der Waals surface area (Å²) in [6.45, 7) is 2.99. The van der Waals surface area contributed by atoms with Gasteiger partial charge in [-0.15, -0.1) is 0 Å². The number of hydrazone groups is 1. The van der Waals surface area contributed by atoms with Gasteiger partial charge >= 0.3 is 6.03 Å². The molecule has 0 aromatic heterocycles. The molecule has 0 heterocycles. The second-order valence-electron chi connectivity index (χ2n) is 7.26. The lowest BCUT2D eigenvalue weighted by molar-refractivity contribution is 0.217. The van der Waals surface area contributed by atoms with Gasteiger partial charge in [0, 0.05) is 6.04 Å². The Morgan fingerprint density at radius 2 is 1.55 bits per heavy atom. The summed E-state index contributed by atoms with van der Waals surface area (Å²) < 4.78 is 11.3. The number of amides is 2. The SMILES string of the molecule is Cc1ccc(OCCOc2ccc(C=NNC(=O)NC3CCCCC3)cc2)cc1. The first-order chi connectivity index (χ1) is 14.2. The summed E-state index contributed by atoms with van der Waals surface area (Å²) >= 11 is 0. The minimum atomic E-state index is -0.248. The lowest BCUT2D eigenvalue weighted by Gasteiger charge is -2.22. The van der Waals surface area contributed by atoms with Gasteiger partial charge in [0.05, 0.1) is 6.21 Å². The first kappa shape index (κ1) is 20.7. The molecular weight excluding hydrogens is 366 g/mol. The monoisotopic (exact) mass is 395 g/mol. The maximum Gasteiger partial charge on any atom is 0.335 e. The third kappa shape index (κ3) is 7.49. The Hall–Kier alpha value is -3.02. The molecule has 29 heavy (non-hydrogen) atoms. The fourth-order valence-corrected chi connectivity index (χ4v) is 3.23. The Morgan fingerprint density at radius 3 is 2.17 bits per heavy atom. The van der Waals surface area contributed by atoms with Crippen LogP contribution in [-0.2, 0) is 0 Å². The van der Waals surface area contributed by atoms with Crippen molar-refractivity contribution in [1.29, 1.82) is 0 Å². The number of nitrogens with one attached hydrogen (secondary N) is 2. The Labute approximate surface area is 172 Å². The van der Waals surface area contributed by atoms with E-state index in [4.69, 9.17) is 9.47 Å². The van der Waals surface area contributed by atoms with Crippen LogP contribution in [0.2, 0.25) is 0 Å². The predicted octanol–water partition coefficient (Wildman–Crippen LogP) is 4.42. The molecule has 2 N–H and O–H groups in total. The number of carbonyl (C=O) groups is 1. The van der Waals surface area contributed by atoms with E-state index in [-0.39, 0.29) is 12.1 Å². The Morgan fingerprint density at radius 1 is 0.966 bits per heavy atom. The van der Waals surface area contributed by atoms with Crippen LogP contribution < -0.4 is 20.2 Å². The zero-order valence-corrected chi connectivity index (χ0v) is 16.9. The first-order valence-electron chi connectivity index (χ1n) is 10.2. The summed E-state index contributed by atoms with van der Waals surface area (Å²) in [4.78, 5) is 11.9. The van der Waals surface area contributed by atoms with E-state index in [1.54, 1.807) is 6.21 Å². The molecule has 0 bridgehead atoms. The lowest BCUT2D eigenvalue weighted by atomic mass is 9.96. The summed E-state index contributed by atoms with van der Waals surface area (Å²) in [6.07, 6.45) is 7.34. The van der Waals surface area contributed by atoms with E-state index in [0.29, 0.717) is 13.2 Å². The van der Waals surface area contributed by atoms with Gasteiger partial charge in [0.2, 0.25) is 0 Å². The molecule has 0 unspecified atom stereocenters. The van der Waals surface area contributed by atoms with Gasteiger partial charge in [-0.1, -0.05) is 37.0 Å². The largest absolute Gasteiger partial charge is 0.490 e. The van der Waals surface area contributed by atoms with Gasteiger partial charge in [0.15, 0.2) is 0 Å². The number of carbonyl (C=O) groups excluding carboxylic acids is 1. The van der Waals surface area contributed by atoms with Crippen molar-refractivity contribution in [3.05, 3.63) is 59.7 Å². The van der Waals surface area contributed by atoms with Crippen molar-refractivity contribution < 1.29 is 14.3 Å². The quantitative estimate of drug-likeness (QED) is 0.395. The smallest absolute Gasteiger partial charge is 0.335 e. The van der Waals surface area contributed by atoms with E-state index in [1.807, 2.05) is 55.5 Å². The third-order valence-electron chi connectivity index (χ3n) is 4.84. The summed E-state index contributed by atoms with van der Waals surface area (Å²) in [7, 11) is 0. The van der Waals surface area contributed by atoms with Crippen molar-refractivity contribution in [3.63, 3.8) is 0 Å². The minimum absolute atomic E-state index is 0.248. The molecule has 154 valence electrons. The molecule has 0 spiro atoms. The number of hydrogen-bond donors (Lipinski definition) is 2. The average molecular weight is 396 g/mol. The van der Waals surface area contributed by atoms with Crippen molar-refractivity contribution in [2.24, 2.45) is 5.10 Å². The molecule has 1 saturated carbocycles. The van der Waals surface area contributed by atoms with Crippen LogP contribution in [0.25, 0.3) is 0 Å². The van der Waals surface area contributed by atoms with E-state index in [1.165, 1.54) is 24.8 Å². The maximum absolute atomic E-state index is 11.9. The van der Waals surface area contributed by atoms with Crippen LogP contribution in [-0.4, -0.2) is 31.5 Å². The van der Waals surface area contributed by atoms with Crippen molar-refractivity contribution in [1.82, 2.24) is 10.7 Å². The zero-order chi connectivity index (χ0) is 20.3. The molecule has 0 aliphatic heterocycles. The molecule has 1 aliphatic carbocycles. The number of hydrogen-bond acceptors (Lipinski definition) is 4. The van der Waals surface area contributed by atoms with Gasteiger partial charge in [-0.3, -0.25) is 0 Å². The summed E-state index contributed by atoms with van der Waals surface area (Å²) in [6, 6.07) is 15.5. The molecule has 2 amide bonds.